The molecule has 0 unspecified atom stereocenters. The quantitative estimate of drug-likeness (QED) is 0.866. The van der Waals surface area contributed by atoms with Gasteiger partial charge in [0.05, 0.1) is 10.6 Å². The lowest BCUT2D eigenvalue weighted by Crippen LogP contribution is -2.29. The Morgan fingerprint density at radius 1 is 1.09 bits per heavy atom. The number of sulfonamides is 1. The molecule has 120 valence electrons. The summed E-state index contributed by atoms with van der Waals surface area (Å²) in [6.07, 6.45) is 0.700. The standard InChI is InChI=1S/C17H18N2O3S/c1-18(2)17(20)14-7-5-8-15(12-14)23(21,22)19-11-10-13-6-3-4-9-16(13)19/h3-9,12H,10-11H2,1-2H3. The van der Waals surface area contributed by atoms with Gasteiger partial charge in [-0.15, -0.1) is 0 Å². The van der Waals surface area contributed by atoms with Crippen LogP contribution in [0, 0.1) is 0 Å². The molecule has 0 saturated carbocycles. The zero-order valence-electron chi connectivity index (χ0n) is 13.1. The van der Waals surface area contributed by atoms with Crippen molar-refractivity contribution in [1.29, 1.82) is 0 Å². The van der Waals surface area contributed by atoms with Gasteiger partial charge in [-0.25, -0.2) is 8.42 Å². The normalized spacial score (nSPS) is 13.7. The van der Waals surface area contributed by atoms with Crippen LogP contribution >= 0.6 is 0 Å². The number of fused-ring (bicyclic) bond motifs is 1. The third-order valence-electron chi connectivity index (χ3n) is 3.92. The minimum Gasteiger partial charge on any atom is -0.345 e. The first-order chi connectivity index (χ1) is 10.9. The van der Waals surface area contributed by atoms with E-state index >= 15 is 0 Å². The molecule has 0 N–H and O–H groups in total. The van der Waals surface area contributed by atoms with Gasteiger partial charge in [-0.2, -0.15) is 0 Å². The summed E-state index contributed by atoms with van der Waals surface area (Å²) >= 11 is 0. The first-order valence-electron chi connectivity index (χ1n) is 7.33. The molecule has 0 saturated heterocycles. The average molecular weight is 330 g/mol. The molecule has 0 aromatic heterocycles. The number of carbonyl (C=O) groups excluding carboxylic acids is 1. The number of nitrogens with zero attached hydrogens (tertiary/aromatic N) is 2. The molecule has 0 fully saturated rings. The lowest BCUT2D eigenvalue weighted by Gasteiger charge is -2.20. The zero-order valence-corrected chi connectivity index (χ0v) is 13.9. The largest absolute Gasteiger partial charge is 0.345 e. The van der Waals surface area contributed by atoms with Gasteiger partial charge in [0.15, 0.2) is 0 Å². The molecule has 0 atom stereocenters. The molecule has 5 nitrogen and oxygen atoms in total. The van der Waals surface area contributed by atoms with E-state index in [9.17, 15) is 13.2 Å². The fraction of sp³-hybridized carbons (Fsp3) is 0.235. The van der Waals surface area contributed by atoms with Crippen molar-refractivity contribution >= 4 is 21.6 Å². The molecule has 6 heteroatoms. The van der Waals surface area contributed by atoms with Gasteiger partial charge in [-0.05, 0) is 36.2 Å². The SMILES string of the molecule is CN(C)C(=O)c1cccc(S(=O)(=O)N2CCc3ccccc32)c1. The monoisotopic (exact) mass is 330 g/mol. The highest BCUT2D eigenvalue weighted by Gasteiger charge is 2.30. The van der Waals surface area contributed by atoms with Crippen LogP contribution in [0.4, 0.5) is 5.69 Å². The van der Waals surface area contributed by atoms with Crippen LogP contribution in [0.2, 0.25) is 0 Å². The fourth-order valence-corrected chi connectivity index (χ4v) is 4.28. The van der Waals surface area contributed by atoms with Gasteiger partial charge in [0, 0.05) is 26.2 Å². The van der Waals surface area contributed by atoms with Crippen LogP contribution in [0.1, 0.15) is 15.9 Å². The van der Waals surface area contributed by atoms with Gasteiger partial charge in [0.1, 0.15) is 0 Å². The molecule has 23 heavy (non-hydrogen) atoms. The maximum absolute atomic E-state index is 12.9. The van der Waals surface area contributed by atoms with E-state index < -0.39 is 10.0 Å². The summed E-state index contributed by atoms with van der Waals surface area (Å²) in [6, 6.07) is 13.7. The Morgan fingerprint density at radius 2 is 1.83 bits per heavy atom. The van der Waals surface area contributed by atoms with Crippen molar-refractivity contribution in [3.63, 3.8) is 0 Å². The highest BCUT2D eigenvalue weighted by Crippen LogP contribution is 2.32. The second-order valence-electron chi connectivity index (χ2n) is 5.68. The lowest BCUT2D eigenvalue weighted by atomic mass is 10.2. The Balaban J connectivity index is 2.02. The first kappa shape index (κ1) is 15.6. The van der Waals surface area contributed by atoms with E-state index in [1.807, 2.05) is 24.3 Å². The van der Waals surface area contributed by atoms with Crippen LogP contribution < -0.4 is 4.31 Å². The average Bonchev–Trinajstić information content (AvgIpc) is 2.99. The fourth-order valence-electron chi connectivity index (χ4n) is 2.73. The van der Waals surface area contributed by atoms with Crippen LogP contribution in [0.15, 0.2) is 53.4 Å². The predicted molar refractivity (Wildman–Crippen MR) is 89.1 cm³/mol. The number of rotatable bonds is 3. The minimum atomic E-state index is -3.67. The highest BCUT2D eigenvalue weighted by atomic mass is 32.2. The predicted octanol–water partition coefficient (Wildman–Crippen LogP) is 2.14. The number of carbonyl (C=O) groups is 1. The molecule has 1 amide bonds. The molecule has 1 aliphatic rings. The molecule has 0 spiro atoms. The van der Waals surface area contributed by atoms with Crippen LogP contribution in [-0.2, 0) is 16.4 Å². The number of benzene rings is 2. The summed E-state index contributed by atoms with van der Waals surface area (Å²) in [4.78, 5) is 13.6. The van der Waals surface area contributed by atoms with E-state index in [-0.39, 0.29) is 10.8 Å². The maximum atomic E-state index is 12.9. The second-order valence-corrected chi connectivity index (χ2v) is 7.55. The maximum Gasteiger partial charge on any atom is 0.264 e. The van der Waals surface area contributed by atoms with E-state index in [1.165, 1.54) is 21.3 Å². The van der Waals surface area contributed by atoms with Gasteiger partial charge < -0.3 is 4.90 Å². The number of amides is 1. The Morgan fingerprint density at radius 3 is 2.57 bits per heavy atom. The van der Waals surface area contributed by atoms with Crippen LogP contribution in [0.25, 0.3) is 0 Å². The Kier molecular flexibility index (Phi) is 3.85. The third kappa shape index (κ3) is 2.70. The van der Waals surface area contributed by atoms with E-state index in [0.29, 0.717) is 18.5 Å². The highest BCUT2D eigenvalue weighted by molar-refractivity contribution is 7.92. The van der Waals surface area contributed by atoms with E-state index in [0.717, 1.165) is 11.3 Å². The summed E-state index contributed by atoms with van der Waals surface area (Å²) in [5.74, 6) is -0.219. The summed E-state index contributed by atoms with van der Waals surface area (Å²) < 4.78 is 27.3. The molecular formula is C17H18N2O3S. The number of para-hydroxylation sites is 1. The van der Waals surface area contributed by atoms with E-state index in [2.05, 4.69) is 0 Å². The minimum absolute atomic E-state index is 0.141. The molecule has 0 bridgehead atoms. The summed E-state index contributed by atoms with van der Waals surface area (Å²) in [5, 5.41) is 0. The van der Waals surface area contributed by atoms with Crippen molar-refractivity contribution in [2.24, 2.45) is 0 Å². The third-order valence-corrected chi connectivity index (χ3v) is 5.73. The van der Waals surface area contributed by atoms with Gasteiger partial charge in [-0.1, -0.05) is 24.3 Å². The topological polar surface area (TPSA) is 57.7 Å². The van der Waals surface area contributed by atoms with Gasteiger partial charge >= 0.3 is 0 Å². The first-order valence-corrected chi connectivity index (χ1v) is 8.77. The van der Waals surface area contributed by atoms with Crippen molar-refractivity contribution in [3.05, 3.63) is 59.7 Å². The Bertz CT molecular complexity index is 860. The molecular weight excluding hydrogens is 312 g/mol. The summed E-state index contributed by atoms with van der Waals surface area (Å²) in [5.41, 5.74) is 2.11. The molecule has 2 aromatic rings. The lowest BCUT2D eigenvalue weighted by molar-refractivity contribution is 0.0827. The summed E-state index contributed by atoms with van der Waals surface area (Å²) in [7, 11) is -0.393. The molecule has 2 aromatic carbocycles. The number of hydrogen-bond acceptors (Lipinski definition) is 3. The Labute approximate surface area is 136 Å². The molecule has 1 aliphatic heterocycles. The molecule has 0 radical (unpaired) electrons. The molecule has 0 aliphatic carbocycles. The second kappa shape index (κ2) is 5.70. The Hall–Kier alpha value is -2.34. The summed E-state index contributed by atoms with van der Waals surface area (Å²) in [6.45, 7) is 0.424. The van der Waals surface area contributed by atoms with Crippen molar-refractivity contribution in [3.8, 4) is 0 Å². The molecule has 1 heterocycles. The van der Waals surface area contributed by atoms with Crippen LogP contribution in [-0.4, -0.2) is 39.9 Å². The van der Waals surface area contributed by atoms with Crippen LogP contribution in [0.3, 0.4) is 0 Å². The van der Waals surface area contributed by atoms with Crippen molar-refractivity contribution in [2.45, 2.75) is 11.3 Å². The number of anilines is 1. The van der Waals surface area contributed by atoms with E-state index in [4.69, 9.17) is 0 Å². The number of hydrogen-bond donors (Lipinski definition) is 0. The van der Waals surface area contributed by atoms with Gasteiger partial charge in [0.25, 0.3) is 15.9 Å². The van der Waals surface area contributed by atoms with E-state index in [1.54, 1.807) is 26.2 Å². The van der Waals surface area contributed by atoms with Crippen molar-refractivity contribution in [1.82, 2.24) is 4.90 Å². The van der Waals surface area contributed by atoms with Crippen molar-refractivity contribution < 1.29 is 13.2 Å². The van der Waals surface area contributed by atoms with Crippen LogP contribution in [0.5, 0.6) is 0 Å². The molecule has 3 rings (SSSR count). The van der Waals surface area contributed by atoms with Crippen molar-refractivity contribution in [2.75, 3.05) is 24.9 Å². The smallest absolute Gasteiger partial charge is 0.264 e. The van der Waals surface area contributed by atoms with Gasteiger partial charge in [0.2, 0.25) is 0 Å². The zero-order chi connectivity index (χ0) is 16.6. The van der Waals surface area contributed by atoms with Gasteiger partial charge in [-0.3, -0.25) is 9.10 Å².